The standard InChI is InChI=1S/C12H25NO3S/c1-11(2,3)17(15,16)13-10-12(14)8-6-4-5-7-9-12/h13-14H,4-10H2,1-3H3. The normalized spacial score (nSPS) is 22.1. The van der Waals surface area contributed by atoms with Crippen LogP contribution in [0.15, 0.2) is 0 Å². The lowest BCUT2D eigenvalue weighted by Crippen LogP contribution is -2.47. The summed E-state index contributed by atoms with van der Waals surface area (Å²) >= 11 is 0. The lowest BCUT2D eigenvalue weighted by Gasteiger charge is -2.29. The van der Waals surface area contributed by atoms with Gasteiger partial charge in [0.05, 0.1) is 10.3 Å². The van der Waals surface area contributed by atoms with Crippen LogP contribution in [0, 0.1) is 0 Å². The predicted octanol–water partition coefficient (Wildman–Crippen LogP) is 1.79. The number of aliphatic hydroxyl groups is 1. The molecule has 0 atom stereocenters. The second kappa shape index (κ2) is 5.24. The van der Waals surface area contributed by atoms with E-state index in [4.69, 9.17) is 0 Å². The molecule has 0 amide bonds. The summed E-state index contributed by atoms with van der Waals surface area (Å²) in [5.74, 6) is 0. The van der Waals surface area contributed by atoms with Crippen LogP contribution in [0.3, 0.4) is 0 Å². The van der Waals surface area contributed by atoms with Crippen molar-refractivity contribution in [2.24, 2.45) is 0 Å². The van der Waals surface area contributed by atoms with E-state index in [-0.39, 0.29) is 6.54 Å². The maximum Gasteiger partial charge on any atom is 0.216 e. The minimum absolute atomic E-state index is 0.145. The molecule has 0 aromatic carbocycles. The zero-order valence-electron chi connectivity index (χ0n) is 11.1. The van der Waals surface area contributed by atoms with Crippen LogP contribution in [0.5, 0.6) is 0 Å². The van der Waals surface area contributed by atoms with Crippen molar-refractivity contribution >= 4 is 10.0 Å². The summed E-state index contributed by atoms with van der Waals surface area (Å²) < 4.78 is 25.5. The van der Waals surface area contributed by atoms with Gasteiger partial charge >= 0.3 is 0 Å². The summed E-state index contributed by atoms with van der Waals surface area (Å²) in [5, 5.41) is 10.4. The minimum Gasteiger partial charge on any atom is -0.389 e. The van der Waals surface area contributed by atoms with E-state index in [1.54, 1.807) is 20.8 Å². The maximum atomic E-state index is 11.9. The zero-order chi connectivity index (χ0) is 13.2. The monoisotopic (exact) mass is 263 g/mol. The lowest BCUT2D eigenvalue weighted by atomic mass is 9.95. The van der Waals surface area contributed by atoms with Crippen LogP contribution in [0.2, 0.25) is 0 Å². The van der Waals surface area contributed by atoms with Crippen LogP contribution in [-0.2, 0) is 10.0 Å². The van der Waals surface area contributed by atoms with E-state index < -0.39 is 20.4 Å². The van der Waals surface area contributed by atoms with Crippen molar-refractivity contribution in [3.8, 4) is 0 Å². The quantitative estimate of drug-likeness (QED) is 0.763. The topological polar surface area (TPSA) is 66.4 Å². The van der Waals surface area contributed by atoms with Gasteiger partial charge in [0.2, 0.25) is 10.0 Å². The maximum absolute atomic E-state index is 11.9. The Bertz CT molecular complexity index is 335. The van der Waals surface area contributed by atoms with Crippen molar-refractivity contribution in [1.82, 2.24) is 4.72 Å². The highest BCUT2D eigenvalue weighted by atomic mass is 32.2. The molecule has 0 unspecified atom stereocenters. The first-order chi connectivity index (χ1) is 7.66. The fourth-order valence-electron chi connectivity index (χ4n) is 2.01. The third-order valence-electron chi connectivity index (χ3n) is 3.43. The molecule has 1 saturated carbocycles. The van der Waals surface area contributed by atoms with Crippen molar-refractivity contribution in [2.75, 3.05) is 6.54 Å². The van der Waals surface area contributed by atoms with Crippen LogP contribution in [0.25, 0.3) is 0 Å². The summed E-state index contributed by atoms with van der Waals surface area (Å²) in [6, 6.07) is 0. The number of rotatable bonds is 3. The molecule has 0 aromatic rings. The van der Waals surface area contributed by atoms with Crippen molar-refractivity contribution in [3.05, 3.63) is 0 Å². The molecule has 102 valence electrons. The molecule has 0 aromatic heterocycles. The molecule has 0 heterocycles. The third-order valence-corrected chi connectivity index (χ3v) is 5.57. The van der Waals surface area contributed by atoms with E-state index in [1.807, 2.05) is 0 Å². The molecule has 0 radical (unpaired) electrons. The molecule has 1 rings (SSSR count). The van der Waals surface area contributed by atoms with Gasteiger partial charge in [-0.05, 0) is 33.6 Å². The fraction of sp³-hybridized carbons (Fsp3) is 1.00. The van der Waals surface area contributed by atoms with E-state index in [0.29, 0.717) is 12.8 Å². The Hall–Kier alpha value is -0.130. The van der Waals surface area contributed by atoms with Crippen molar-refractivity contribution in [1.29, 1.82) is 0 Å². The molecule has 0 spiro atoms. The van der Waals surface area contributed by atoms with Gasteiger partial charge in [0.1, 0.15) is 0 Å². The Morgan fingerprint density at radius 2 is 1.59 bits per heavy atom. The Labute approximate surface area is 105 Å². The van der Waals surface area contributed by atoms with E-state index >= 15 is 0 Å². The fourth-order valence-corrected chi connectivity index (χ4v) is 2.90. The molecule has 17 heavy (non-hydrogen) atoms. The first-order valence-electron chi connectivity index (χ1n) is 6.38. The summed E-state index contributed by atoms with van der Waals surface area (Å²) in [6.45, 7) is 5.12. The summed E-state index contributed by atoms with van der Waals surface area (Å²) in [7, 11) is -3.36. The summed E-state index contributed by atoms with van der Waals surface area (Å²) in [6.07, 6.45) is 5.61. The first-order valence-corrected chi connectivity index (χ1v) is 7.86. The first kappa shape index (κ1) is 14.9. The van der Waals surface area contributed by atoms with Crippen LogP contribution < -0.4 is 4.72 Å². The van der Waals surface area contributed by atoms with E-state index in [2.05, 4.69) is 4.72 Å². The van der Waals surface area contributed by atoms with Crippen LogP contribution in [0.4, 0.5) is 0 Å². The summed E-state index contributed by atoms with van der Waals surface area (Å²) in [4.78, 5) is 0. The van der Waals surface area contributed by atoms with E-state index in [1.165, 1.54) is 0 Å². The van der Waals surface area contributed by atoms with Crippen LogP contribution >= 0.6 is 0 Å². The second-order valence-electron chi connectivity index (χ2n) is 6.08. The van der Waals surface area contributed by atoms with Gasteiger partial charge in [0, 0.05) is 6.54 Å². The van der Waals surface area contributed by atoms with Crippen LogP contribution in [-0.4, -0.2) is 30.4 Å². The minimum atomic E-state index is -3.36. The number of hydrogen-bond acceptors (Lipinski definition) is 3. The highest BCUT2D eigenvalue weighted by molar-refractivity contribution is 7.90. The molecule has 4 nitrogen and oxygen atoms in total. The third kappa shape index (κ3) is 4.23. The van der Waals surface area contributed by atoms with Gasteiger partial charge in [-0.25, -0.2) is 13.1 Å². The molecule has 2 N–H and O–H groups in total. The Kier molecular flexibility index (Phi) is 4.60. The van der Waals surface area contributed by atoms with Gasteiger partial charge in [-0.2, -0.15) is 0 Å². The van der Waals surface area contributed by atoms with E-state index in [0.717, 1.165) is 25.7 Å². The molecule has 0 aliphatic heterocycles. The van der Waals surface area contributed by atoms with Crippen molar-refractivity contribution in [2.45, 2.75) is 69.6 Å². The summed E-state index contributed by atoms with van der Waals surface area (Å²) in [5.41, 5.74) is -0.852. The van der Waals surface area contributed by atoms with Gasteiger partial charge in [-0.3, -0.25) is 0 Å². The average molecular weight is 263 g/mol. The molecular formula is C12H25NO3S. The second-order valence-corrected chi connectivity index (χ2v) is 8.60. The Morgan fingerprint density at radius 3 is 2.00 bits per heavy atom. The van der Waals surface area contributed by atoms with Crippen molar-refractivity contribution < 1.29 is 13.5 Å². The molecule has 1 aliphatic carbocycles. The molecule has 0 saturated heterocycles. The van der Waals surface area contributed by atoms with Gasteiger partial charge in [0.25, 0.3) is 0 Å². The highest BCUT2D eigenvalue weighted by Crippen LogP contribution is 2.27. The van der Waals surface area contributed by atoms with Crippen molar-refractivity contribution in [3.63, 3.8) is 0 Å². The number of sulfonamides is 1. The average Bonchev–Trinajstić information content (AvgIpc) is 2.40. The lowest BCUT2D eigenvalue weighted by molar-refractivity contribution is 0.0302. The molecular weight excluding hydrogens is 238 g/mol. The van der Waals surface area contributed by atoms with Gasteiger partial charge in [-0.15, -0.1) is 0 Å². The molecule has 5 heteroatoms. The smallest absolute Gasteiger partial charge is 0.216 e. The van der Waals surface area contributed by atoms with Crippen LogP contribution in [0.1, 0.15) is 59.3 Å². The number of nitrogens with one attached hydrogen (secondary N) is 1. The van der Waals surface area contributed by atoms with Gasteiger partial charge in [0.15, 0.2) is 0 Å². The number of hydrogen-bond donors (Lipinski definition) is 2. The Morgan fingerprint density at radius 1 is 1.12 bits per heavy atom. The Balaban J connectivity index is 2.60. The molecule has 0 bridgehead atoms. The SMILES string of the molecule is CC(C)(C)S(=O)(=O)NCC1(O)CCCCCC1. The molecule has 1 aliphatic rings. The highest BCUT2D eigenvalue weighted by Gasteiger charge is 2.33. The largest absolute Gasteiger partial charge is 0.389 e. The van der Waals surface area contributed by atoms with Gasteiger partial charge in [-0.1, -0.05) is 25.7 Å². The zero-order valence-corrected chi connectivity index (χ0v) is 11.9. The predicted molar refractivity (Wildman–Crippen MR) is 69.3 cm³/mol. The van der Waals surface area contributed by atoms with Gasteiger partial charge < -0.3 is 5.11 Å². The molecule has 1 fully saturated rings. The van der Waals surface area contributed by atoms with E-state index in [9.17, 15) is 13.5 Å².